The zero-order valence-electron chi connectivity index (χ0n) is 17.7. The number of nitrogens with zero attached hydrogens (tertiary/aromatic N) is 2. The Morgan fingerprint density at radius 2 is 1.74 bits per heavy atom. The second-order valence-electron chi connectivity index (χ2n) is 7.17. The van der Waals surface area contributed by atoms with Gasteiger partial charge in [-0.15, -0.1) is 0 Å². The number of nitrogens with one attached hydrogen (secondary N) is 2. The van der Waals surface area contributed by atoms with Gasteiger partial charge >= 0.3 is 0 Å². The Hall–Kier alpha value is -3.25. The van der Waals surface area contributed by atoms with Crippen LogP contribution in [0.5, 0.6) is 5.75 Å². The van der Waals surface area contributed by atoms with Crippen LogP contribution < -0.4 is 20.9 Å². The minimum atomic E-state index is -0.0413. The minimum Gasteiger partial charge on any atom is -0.489 e. The summed E-state index contributed by atoms with van der Waals surface area (Å²) in [5.41, 5.74) is 2.20. The quantitative estimate of drug-likeness (QED) is 0.416. The molecule has 3 rings (SSSR count). The van der Waals surface area contributed by atoms with Crippen molar-refractivity contribution in [3.8, 4) is 5.75 Å². The minimum absolute atomic E-state index is 0.00242. The molecule has 1 aromatic heterocycles. The molecule has 0 radical (unpaired) electrons. The molecule has 0 saturated carbocycles. The van der Waals surface area contributed by atoms with Crippen LogP contribution in [0.3, 0.4) is 0 Å². The van der Waals surface area contributed by atoms with Crippen LogP contribution >= 0.6 is 11.6 Å². The van der Waals surface area contributed by atoms with Crippen molar-refractivity contribution in [2.45, 2.75) is 26.1 Å². The summed E-state index contributed by atoms with van der Waals surface area (Å²) in [6.07, 6.45) is 1.76. The van der Waals surface area contributed by atoms with E-state index in [2.05, 4.69) is 27.8 Å². The van der Waals surface area contributed by atoms with Crippen LogP contribution in [0.25, 0.3) is 0 Å². The number of aliphatic imine (C=N–C) groups is 1. The predicted octanol–water partition coefficient (Wildman–Crippen LogP) is 3.68. The van der Waals surface area contributed by atoms with E-state index < -0.39 is 0 Å². The van der Waals surface area contributed by atoms with Gasteiger partial charge in [-0.2, -0.15) is 0 Å². The summed E-state index contributed by atoms with van der Waals surface area (Å²) < 4.78 is 7.56. The van der Waals surface area contributed by atoms with E-state index in [1.807, 2.05) is 37.3 Å². The first kappa shape index (κ1) is 22.4. The summed E-state index contributed by atoms with van der Waals surface area (Å²) in [6, 6.07) is 20.7. The summed E-state index contributed by atoms with van der Waals surface area (Å²) >= 11 is 5.90. The highest BCUT2D eigenvalue weighted by Crippen LogP contribution is 2.16. The van der Waals surface area contributed by atoms with Crippen molar-refractivity contribution in [2.75, 3.05) is 13.6 Å². The van der Waals surface area contributed by atoms with Gasteiger partial charge in [-0.3, -0.25) is 9.79 Å². The van der Waals surface area contributed by atoms with Gasteiger partial charge in [0.25, 0.3) is 5.56 Å². The van der Waals surface area contributed by atoms with Gasteiger partial charge in [0.15, 0.2) is 5.96 Å². The van der Waals surface area contributed by atoms with Crippen LogP contribution in [0.15, 0.2) is 82.7 Å². The summed E-state index contributed by atoms with van der Waals surface area (Å²) in [5.74, 6) is 1.48. The Kier molecular flexibility index (Phi) is 8.12. The van der Waals surface area contributed by atoms with Crippen LogP contribution in [-0.2, 0) is 13.1 Å². The fourth-order valence-electron chi connectivity index (χ4n) is 2.98. The normalized spacial score (nSPS) is 12.3. The zero-order valence-corrected chi connectivity index (χ0v) is 18.5. The van der Waals surface area contributed by atoms with Crippen molar-refractivity contribution in [2.24, 2.45) is 4.99 Å². The smallest absolute Gasteiger partial charge is 0.250 e. The van der Waals surface area contributed by atoms with Gasteiger partial charge in [-0.25, -0.2) is 0 Å². The number of benzene rings is 2. The standard InChI is InChI=1S/C24H27ClN4O2/c1-18(31-22-12-10-21(25)11-13-22)15-27-24(26-2)28-16-19-6-8-20(9-7-19)17-29-14-4-3-5-23(29)30/h3-14,18H,15-17H2,1-2H3,(H2,26,27,28). The summed E-state index contributed by atoms with van der Waals surface area (Å²) in [4.78, 5) is 16.1. The van der Waals surface area contributed by atoms with Crippen molar-refractivity contribution < 1.29 is 4.74 Å². The number of hydrogen-bond acceptors (Lipinski definition) is 3. The Bertz CT molecular complexity index is 1050. The zero-order chi connectivity index (χ0) is 22.1. The lowest BCUT2D eigenvalue weighted by Crippen LogP contribution is -2.41. The molecule has 2 N–H and O–H groups in total. The molecule has 2 aromatic carbocycles. The third kappa shape index (κ3) is 7.19. The van der Waals surface area contributed by atoms with Crippen LogP contribution in [0.1, 0.15) is 18.1 Å². The van der Waals surface area contributed by atoms with Gasteiger partial charge in [0.2, 0.25) is 0 Å². The maximum absolute atomic E-state index is 11.8. The van der Waals surface area contributed by atoms with Crippen molar-refractivity contribution in [1.82, 2.24) is 15.2 Å². The molecule has 1 heterocycles. The molecule has 7 heteroatoms. The van der Waals surface area contributed by atoms with E-state index in [0.29, 0.717) is 30.6 Å². The van der Waals surface area contributed by atoms with Gasteiger partial charge in [0.1, 0.15) is 11.9 Å². The molecule has 0 bridgehead atoms. The maximum atomic E-state index is 11.8. The highest BCUT2D eigenvalue weighted by Gasteiger charge is 2.06. The molecule has 0 aliphatic carbocycles. The van der Waals surface area contributed by atoms with E-state index in [1.165, 1.54) is 0 Å². The van der Waals surface area contributed by atoms with Crippen molar-refractivity contribution in [3.05, 3.63) is 99.4 Å². The summed E-state index contributed by atoms with van der Waals surface area (Å²) in [7, 11) is 1.74. The van der Waals surface area contributed by atoms with E-state index in [4.69, 9.17) is 16.3 Å². The Labute approximate surface area is 187 Å². The first-order valence-corrected chi connectivity index (χ1v) is 10.5. The molecule has 31 heavy (non-hydrogen) atoms. The molecule has 3 aromatic rings. The number of ether oxygens (including phenoxy) is 1. The molecule has 0 aliphatic rings. The average Bonchev–Trinajstić information content (AvgIpc) is 2.78. The average molecular weight is 439 g/mol. The molecule has 0 saturated heterocycles. The number of pyridine rings is 1. The van der Waals surface area contributed by atoms with Crippen molar-refractivity contribution >= 4 is 17.6 Å². The number of halogens is 1. The molecule has 162 valence electrons. The van der Waals surface area contributed by atoms with E-state index in [0.717, 1.165) is 16.9 Å². The first-order chi connectivity index (χ1) is 15.0. The monoisotopic (exact) mass is 438 g/mol. The number of rotatable bonds is 8. The molecule has 0 amide bonds. The third-order valence-electron chi connectivity index (χ3n) is 4.67. The first-order valence-electron chi connectivity index (χ1n) is 10.1. The number of aromatic nitrogens is 1. The van der Waals surface area contributed by atoms with Crippen molar-refractivity contribution in [3.63, 3.8) is 0 Å². The lowest BCUT2D eigenvalue weighted by molar-refractivity contribution is 0.224. The van der Waals surface area contributed by atoms with Crippen LogP contribution in [0.2, 0.25) is 5.02 Å². The SMILES string of the molecule is CN=C(NCc1ccc(Cn2ccccc2=O)cc1)NCC(C)Oc1ccc(Cl)cc1. The van der Waals surface area contributed by atoms with E-state index >= 15 is 0 Å². The van der Waals surface area contributed by atoms with Crippen molar-refractivity contribution in [1.29, 1.82) is 0 Å². The third-order valence-corrected chi connectivity index (χ3v) is 4.92. The fraction of sp³-hybridized carbons (Fsp3) is 0.250. The van der Waals surface area contributed by atoms with E-state index in [9.17, 15) is 4.79 Å². The fourth-order valence-corrected chi connectivity index (χ4v) is 3.11. The Morgan fingerprint density at radius 3 is 2.42 bits per heavy atom. The molecule has 1 atom stereocenters. The molecule has 6 nitrogen and oxygen atoms in total. The molecule has 0 spiro atoms. The van der Waals surface area contributed by atoms with Gasteiger partial charge in [0.05, 0.1) is 13.1 Å². The summed E-state index contributed by atoms with van der Waals surface area (Å²) in [5, 5.41) is 7.26. The molecule has 0 fully saturated rings. The second kappa shape index (κ2) is 11.2. The lowest BCUT2D eigenvalue weighted by atomic mass is 10.1. The largest absolute Gasteiger partial charge is 0.489 e. The Morgan fingerprint density at radius 1 is 1.03 bits per heavy atom. The number of guanidine groups is 1. The molecule has 1 unspecified atom stereocenters. The molecular formula is C24H27ClN4O2. The van der Waals surface area contributed by atoms with Crippen LogP contribution in [-0.4, -0.2) is 30.2 Å². The van der Waals surface area contributed by atoms with E-state index in [-0.39, 0.29) is 11.7 Å². The van der Waals surface area contributed by atoms with Crippen LogP contribution in [0.4, 0.5) is 0 Å². The van der Waals surface area contributed by atoms with Gasteiger partial charge in [-0.1, -0.05) is 41.9 Å². The highest BCUT2D eigenvalue weighted by molar-refractivity contribution is 6.30. The second-order valence-corrected chi connectivity index (χ2v) is 7.61. The topological polar surface area (TPSA) is 67.7 Å². The molecule has 0 aliphatic heterocycles. The lowest BCUT2D eigenvalue weighted by Gasteiger charge is -2.18. The van der Waals surface area contributed by atoms with Gasteiger partial charge in [0, 0.05) is 30.9 Å². The Balaban J connectivity index is 1.45. The summed E-state index contributed by atoms with van der Waals surface area (Å²) in [6.45, 7) is 3.79. The predicted molar refractivity (Wildman–Crippen MR) is 126 cm³/mol. The van der Waals surface area contributed by atoms with Gasteiger partial charge < -0.3 is 19.9 Å². The molecular weight excluding hydrogens is 412 g/mol. The van der Waals surface area contributed by atoms with Gasteiger partial charge in [-0.05, 0) is 48.4 Å². The van der Waals surface area contributed by atoms with E-state index in [1.54, 1.807) is 42.1 Å². The number of hydrogen-bond donors (Lipinski definition) is 2. The maximum Gasteiger partial charge on any atom is 0.250 e. The highest BCUT2D eigenvalue weighted by atomic mass is 35.5. The van der Waals surface area contributed by atoms with Crippen LogP contribution in [0, 0.1) is 0 Å².